The van der Waals surface area contributed by atoms with Crippen molar-refractivity contribution in [3.8, 4) is 10.4 Å². The van der Waals surface area contributed by atoms with Gasteiger partial charge < -0.3 is 4.74 Å². The number of pyridine rings is 1. The fourth-order valence-electron chi connectivity index (χ4n) is 5.82. The number of hydrogen-bond acceptors (Lipinski definition) is 11. The normalized spacial score (nSPS) is 12.4. The molecule has 5 heterocycles. The molecule has 0 unspecified atom stereocenters. The third kappa shape index (κ3) is 4.01. The lowest BCUT2D eigenvalue weighted by Crippen LogP contribution is -2.30. The number of carbonyl (C=O) groups excluding carboxylic acids is 1. The highest BCUT2D eigenvalue weighted by Gasteiger charge is 2.25. The second kappa shape index (κ2) is 10.3. The first-order valence-electron chi connectivity index (χ1n) is 14.1. The smallest absolute Gasteiger partial charge is 0.419 e. The number of fused-ring (bicyclic) bond motifs is 7. The minimum atomic E-state index is -0.670. The molecule has 0 bridgehead atoms. The van der Waals surface area contributed by atoms with Crippen LogP contribution < -0.4 is 16.2 Å². The van der Waals surface area contributed by atoms with E-state index in [4.69, 9.17) is 4.74 Å². The van der Waals surface area contributed by atoms with E-state index in [2.05, 4.69) is 24.8 Å². The van der Waals surface area contributed by atoms with Gasteiger partial charge in [-0.2, -0.15) is 8.75 Å². The fraction of sp³-hybridized carbons (Fsp3) is 0.0294. The first-order valence-corrected chi connectivity index (χ1v) is 16.5. The number of carbonyl (C=O) groups is 1. The molecule has 0 amide bonds. The first-order chi connectivity index (χ1) is 22.6. The van der Waals surface area contributed by atoms with Crippen LogP contribution in [0.25, 0.3) is 62.8 Å². The molecule has 0 fully saturated rings. The van der Waals surface area contributed by atoms with Gasteiger partial charge in [0.1, 0.15) is 23.0 Å². The van der Waals surface area contributed by atoms with Crippen LogP contribution >= 0.6 is 34.4 Å². The van der Waals surface area contributed by atoms with Gasteiger partial charge in [0.25, 0.3) is 5.43 Å². The molecule has 0 atom stereocenters. The van der Waals surface area contributed by atoms with Crippen molar-refractivity contribution in [2.24, 2.45) is 4.99 Å². The summed E-state index contributed by atoms with van der Waals surface area (Å²) in [4.78, 5) is 49.1. The molecule has 0 aliphatic carbocycles. The number of thiophene rings is 2. The van der Waals surface area contributed by atoms with Crippen LogP contribution in [0.2, 0.25) is 0 Å². The second-order valence-corrected chi connectivity index (χ2v) is 13.2. The molecular weight excluding hydrogens is 639 g/mol. The molecule has 220 valence electrons. The SMILES string of the molecule is O=C(OCc1ccccc1)n1c2cc(-c3cnc(/N=c4\c(=O)c(=O)c5ccccc45)c4nsnc34)sc2c2sc3ccccc3c21. The summed E-state index contributed by atoms with van der Waals surface area (Å²) in [6.07, 6.45) is 1.19. The van der Waals surface area contributed by atoms with Gasteiger partial charge in [-0.15, -0.1) is 22.7 Å². The van der Waals surface area contributed by atoms with Crippen molar-refractivity contribution in [3.05, 3.63) is 122 Å². The number of nitrogens with zero attached hydrogens (tertiary/aromatic N) is 5. The summed E-state index contributed by atoms with van der Waals surface area (Å²) in [5, 5.41) is 1.85. The van der Waals surface area contributed by atoms with E-state index in [0.29, 0.717) is 21.8 Å². The molecule has 5 aromatic heterocycles. The zero-order valence-corrected chi connectivity index (χ0v) is 25.9. The van der Waals surface area contributed by atoms with Crippen LogP contribution in [0.3, 0.4) is 0 Å². The zero-order valence-electron chi connectivity index (χ0n) is 23.5. The Kier molecular flexibility index (Phi) is 6.03. The van der Waals surface area contributed by atoms with Gasteiger partial charge in [-0.25, -0.2) is 19.3 Å². The second-order valence-electron chi connectivity index (χ2n) is 10.6. The minimum Gasteiger partial charge on any atom is -0.444 e. The Morgan fingerprint density at radius 2 is 1.54 bits per heavy atom. The van der Waals surface area contributed by atoms with Gasteiger partial charge in [0.2, 0.25) is 5.43 Å². The Labute approximate surface area is 270 Å². The molecule has 9 nitrogen and oxygen atoms in total. The molecule has 4 aromatic carbocycles. The maximum absolute atomic E-state index is 13.8. The highest BCUT2D eigenvalue weighted by Crippen LogP contribution is 2.47. The van der Waals surface area contributed by atoms with Crippen LogP contribution in [0.1, 0.15) is 5.56 Å². The van der Waals surface area contributed by atoms with Crippen LogP contribution in [0.15, 0.2) is 106 Å². The van der Waals surface area contributed by atoms with Crippen molar-refractivity contribution in [3.63, 3.8) is 0 Å². The molecule has 0 saturated heterocycles. The van der Waals surface area contributed by atoms with Gasteiger partial charge in [0.15, 0.2) is 5.82 Å². The van der Waals surface area contributed by atoms with Crippen molar-refractivity contribution in [1.29, 1.82) is 0 Å². The van der Waals surface area contributed by atoms with E-state index in [1.807, 2.05) is 54.6 Å². The largest absolute Gasteiger partial charge is 0.444 e. The van der Waals surface area contributed by atoms with Crippen LogP contribution in [0, 0.1) is 0 Å². The van der Waals surface area contributed by atoms with Gasteiger partial charge in [-0.1, -0.05) is 72.8 Å². The molecule has 0 N–H and O–H groups in total. The average molecular weight is 656 g/mol. The summed E-state index contributed by atoms with van der Waals surface area (Å²) >= 11 is 4.19. The van der Waals surface area contributed by atoms with Crippen LogP contribution in [0.5, 0.6) is 0 Å². The standard InChI is InChI=1S/C34H17N5O4S3/c40-29-19-11-5-4-10-18(19)26(30(29)41)36-33-27-25(37-46-38-27)21(15-35-33)24-14-22-31(45-24)32-28(20-12-6-7-13-23(20)44-32)39(22)34(42)43-16-17-8-2-1-3-9-17/h1-15H,16H2/b36-26-. The Morgan fingerprint density at radius 3 is 2.39 bits per heavy atom. The number of aromatic nitrogens is 4. The Hall–Kier alpha value is -5.43. The van der Waals surface area contributed by atoms with Gasteiger partial charge in [-0.3, -0.25) is 9.59 Å². The average Bonchev–Trinajstić information content (AvgIpc) is 3.90. The van der Waals surface area contributed by atoms with Crippen molar-refractivity contribution in [1.82, 2.24) is 18.3 Å². The number of hydrogen-bond donors (Lipinski definition) is 0. The van der Waals surface area contributed by atoms with Crippen molar-refractivity contribution in [2.75, 3.05) is 0 Å². The molecule has 12 heteroatoms. The molecule has 0 radical (unpaired) electrons. The van der Waals surface area contributed by atoms with Crippen LogP contribution in [-0.2, 0) is 11.3 Å². The summed E-state index contributed by atoms with van der Waals surface area (Å²) < 4.78 is 19.5. The molecule has 0 saturated carbocycles. The van der Waals surface area contributed by atoms with Crippen molar-refractivity contribution in [2.45, 2.75) is 6.61 Å². The molecule has 9 aromatic rings. The van der Waals surface area contributed by atoms with Gasteiger partial charge in [-0.05, 0) is 17.7 Å². The van der Waals surface area contributed by atoms with Crippen LogP contribution in [-0.4, -0.2) is 24.4 Å². The van der Waals surface area contributed by atoms with Crippen molar-refractivity contribution >= 4 is 98.6 Å². The van der Waals surface area contributed by atoms with Crippen LogP contribution in [0.4, 0.5) is 10.6 Å². The summed E-state index contributed by atoms with van der Waals surface area (Å²) in [5.74, 6) is 0.211. The maximum Gasteiger partial charge on any atom is 0.419 e. The molecule has 46 heavy (non-hydrogen) atoms. The zero-order chi connectivity index (χ0) is 30.9. The molecule has 9 rings (SSSR count). The summed E-state index contributed by atoms with van der Waals surface area (Å²) in [6, 6.07) is 26.4. The van der Waals surface area contributed by atoms with Crippen molar-refractivity contribution < 1.29 is 9.53 Å². The number of rotatable bonds is 4. The lowest BCUT2D eigenvalue weighted by Gasteiger charge is -2.07. The monoisotopic (exact) mass is 655 g/mol. The molecule has 0 aliphatic heterocycles. The minimum absolute atomic E-state index is 0.0483. The van der Waals surface area contributed by atoms with E-state index in [-0.39, 0.29) is 17.8 Å². The Bertz CT molecular complexity index is 2840. The summed E-state index contributed by atoms with van der Waals surface area (Å²) in [7, 11) is 0. The quantitative estimate of drug-likeness (QED) is 0.183. The molecule has 0 spiro atoms. The highest BCUT2D eigenvalue weighted by molar-refractivity contribution is 7.32. The van der Waals surface area contributed by atoms with E-state index in [0.717, 1.165) is 58.3 Å². The molecule has 0 aliphatic rings. The van der Waals surface area contributed by atoms with E-state index >= 15 is 0 Å². The number of benzene rings is 3. The lowest BCUT2D eigenvalue weighted by atomic mass is 10.2. The highest BCUT2D eigenvalue weighted by atomic mass is 32.1. The van der Waals surface area contributed by atoms with Gasteiger partial charge in [0.05, 0.1) is 32.2 Å². The lowest BCUT2D eigenvalue weighted by molar-refractivity contribution is 0.143. The Balaban J connectivity index is 1.21. The topological polar surface area (TPSA) is 116 Å². The Morgan fingerprint density at radius 1 is 0.804 bits per heavy atom. The number of ether oxygens (including phenoxy) is 1. The van der Waals surface area contributed by atoms with E-state index in [1.165, 1.54) is 0 Å². The van der Waals surface area contributed by atoms with E-state index in [9.17, 15) is 14.4 Å². The predicted octanol–water partition coefficient (Wildman–Crippen LogP) is 7.30. The third-order valence-corrected chi connectivity index (χ3v) is 11.0. The van der Waals surface area contributed by atoms with Gasteiger partial charge >= 0.3 is 6.09 Å². The third-order valence-electron chi connectivity index (χ3n) is 7.94. The summed E-state index contributed by atoms with van der Waals surface area (Å²) in [6.45, 7) is 0.150. The first kappa shape index (κ1) is 26.9. The van der Waals surface area contributed by atoms with E-state index < -0.39 is 17.0 Å². The van der Waals surface area contributed by atoms with E-state index in [1.54, 1.807) is 57.7 Å². The predicted molar refractivity (Wildman–Crippen MR) is 183 cm³/mol. The van der Waals surface area contributed by atoms with Gasteiger partial charge in [0, 0.05) is 37.5 Å². The fourth-order valence-corrected chi connectivity index (χ4v) is 8.86. The molecular formula is C34H17N5O4S3. The maximum atomic E-state index is 13.8. The summed E-state index contributed by atoms with van der Waals surface area (Å²) in [5.41, 5.74) is 2.92.